The summed E-state index contributed by atoms with van der Waals surface area (Å²) >= 11 is 12.0. The minimum atomic E-state index is -0.112. The molecule has 0 radical (unpaired) electrons. The first-order valence-electron chi connectivity index (χ1n) is 7.01. The highest BCUT2D eigenvalue weighted by molar-refractivity contribution is 6.31. The molecule has 0 fully saturated rings. The second-order valence-corrected chi connectivity index (χ2v) is 5.96. The van der Waals surface area contributed by atoms with Gasteiger partial charge in [-0.25, -0.2) is 0 Å². The number of amides is 1. The molecule has 2 aromatic rings. The van der Waals surface area contributed by atoms with Crippen molar-refractivity contribution in [1.29, 1.82) is 0 Å². The van der Waals surface area contributed by atoms with Crippen LogP contribution in [0.15, 0.2) is 42.5 Å². The zero-order valence-electron chi connectivity index (χ0n) is 12.5. The van der Waals surface area contributed by atoms with Crippen molar-refractivity contribution < 1.29 is 4.79 Å². The molecular formula is C17H18Cl2N2O. The van der Waals surface area contributed by atoms with Crippen molar-refractivity contribution in [3.05, 3.63) is 63.6 Å². The maximum absolute atomic E-state index is 12.0. The van der Waals surface area contributed by atoms with Crippen molar-refractivity contribution in [2.75, 3.05) is 11.9 Å². The van der Waals surface area contributed by atoms with E-state index in [2.05, 4.69) is 10.6 Å². The van der Waals surface area contributed by atoms with Gasteiger partial charge >= 0.3 is 0 Å². The van der Waals surface area contributed by atoms with E-state index in [9.17, 15) is 4.79 Å². The van der Waals surface area contributed by atoms with E-state index < -0.39 is 0 Å². The predicted molar refractivity (Wildman–Crippen MR) is 92.7 cm³/mol. The number of hydrogen-bond acceptors (Lipinski definition) is 2. The normalized spacial score (nSPS) is 12.0. The Bertz CT molecular complexity index is 673. The Hall–Kier alpha value is -1.55. The molecule has 2 aromatic carbocycles. The average Bonchev–Trinajstić information content (AvgIpc) is 2.49. The van der Waals surface area contributed by atoms with Gasteiger partial charge in [0, 0.05) is 21.8 Å². The number of hydrogen-bond donors (Lipinski definition) is 2. The Kier molecular flexibility index (Phi) is 5.83. The fraction of sp³-hybridized carbons (Fsp3) is 0.235. The van der Waals surface area contributed by atoms with Crippen molar-refractivity contribution in [2.45, 2.75) is 19.9 Å². The first kappa shape index (κ1) is 16.8. The lowest BCUT2D eigenvalue weighted by atomic mass is 10.1. The summed E-state index contributed by atoms with van der Waals surface area (Å²) < 4.78 is 0. The van der Waals surface area contributed by atoms with Crippen LogP contribution in [0.3, 0.4) is 0 Å². The fourth-order valence-corrected chi connectivity index (χ4v) is 2.45. The van der Waals surface area contributed by atoms with Gasteiger partial charge in [0.05, 0.1) is 6.54 Å². The summed E-state index contributed by atoms with van der Waals surface area (Å²) in [5, 5.41) is 7.36. The molecule has 0 unspecified atom stereocenters. The van der Waals surface area contributed by atoms with Crippen LogP contribution >= 0.6 is 23.2 Å². The van der Waals surface area contributed by atoms with Crippen molar-refractivity contribution in [3.8, 4) is 0 Å². The van der Waals surface area contributed by atoms with Crippen LogP contribution in [0, 0.1) is 6.92 Å². The molecule has 0 aliphatic carbocycles. The molecule has 5 heteroatoms. The Balaban J connectivity index is 1.91. The summed E-state index contributed by atoms with van der Waals surface area (Å²) in [4.78, 5) is 12.0. The van der Waals surface area contributed by atoms with Crippen LogP contribution in [0.1, 0.15) is 24.1 Å². The zero-order chi connectivity index (χ0) is 16.1. The third kappa shape index (κ3) is 4.47. The van der Waals surface area contributed by atoms with Gasteiger partial charge in [-0.3, -0.25) is 4.79 Å². The molecule has 0 aromatic heterocycles. The molecule has 1 amide bonds. The van der Waals surface area contributed by atoms with Crippen LogP contribution < -0.4 is 10.6 Å². The molecule has 0 saturated heterocycles. The van der Waals surface area contributed by atoms with E-state index >= 15 is 0 Å². The van der Waals surface area contributed by atoms with Crippen LogP contribution in [-0.4, -0.2) is 12.5 Å². The van der Waals surface area contributed by atoms with Gasteiger partial charge < -0.3 is 10.6 Å². The topological polar surface area (TPSA) is 41.1 Å². The minimum Gasteiger partial charge on any atom is -0.325 e. The molecule has 0 aliphatic heterocycles. The van der Waals surface area contributed by atoms with E-state index in [1.807, 2.05) is 50.2 Å². The maximum Gasteiger partial charge on any atom is 0.238 e. The number of rotatable bonds is 5. The number of carbonyl (C=O) groups excluding carboxylic acids is 1. The summed E-state index contributed by atoms with van der Waals surface area (Å²) in [6, 6.07) is 13.1. The lowest BCUT2D eigenvalue weighted by Gasteiger charge is -2.15. The minimum absolute atomic E-state index is 0.0323. The molecule has 2 rings (SSSR count). The average molecular weight is 337 g/mol. The van der Waals surface area contributed by atoms with E-state index in [1.54, 1.807) is 6.07 Å². The molecule has 0 aliphatic rings. The zero-order valence-corrected chi connectivity index (χ0v) is 14.0. The van der Waals surface area contributed by atoms with Gasteiger partial charge in [-0.1, -0.05) is 41.4 Å². The molecule has 0 bridgehead atoms. The van der Waals surface area contributed by atoms with Crippen LogP contribution in [0.4, 0.5) is 5.69 Å². The van der Waals surface area contributed by atoms with E-state index in [1.165, 1.54) is 0 Å². The highest BCUT2D eigenvalue weighted by atomic mass is 35.5. The summed E-state index contributed by atoms with van der Waals surface area (Å²) in [5.74, 6) is -0.112. The van der Waals surface area contributed by atoms with Gasteiger partial charge in [0.1, 0.15) is 0 Å². The number of nitrogens with one attached hydrogen (secondary N) is 2. The fourth-order valence-electron chi connectivity index (χ4n) is 2.08. The molecule has 116 valence electrons. The molecule has 2 N–H and O–H groups in total. The van der Waals surface area contributed by atoms with Crippen LogP contribution in [0.2, 0.25) is 10.0 Å². The summed E-state index contributed by atoms with van der Waals surface area (Å²) in [5.41, 5.74) is 2.63. The highest BCUT2D eigenvalue weighted by Crippen LogP contribution is 2.23. The Morgan fingerprint density at radius 1 is 1.18 bits per heavy atom. The smallest absolute Gasteiger partial charge is 0.238 e. The second kappa shape index (κ2) is 7.63. The maximum atomic E-state index is 12.0. The standard InChI is InChI=1S/C17H18Cl2N2O/c1-11-15(19)7-4-8-16(11)21-17(22)10-20-12(2)13-5-3-6-14(18)9-13/h3-9,12,20H,10H2,1-2H3,(H,21,22)/t12-/m0/s1. The third-order valence-electron chi connectivity index (χ3n) is 3.46. The molecular weight excluding hydrogens is 319 g/mol. The lowest BCUT2D eigenvalue weighted by Crippen LogP contribution is -2.30. The van der Waals surface area contributed by atoms with Gasteiger partial charge in [0.25, 0.3) is 0 Å². The quantitative estimate of drug-likeness (QED) is 0.838. The van der Waals surface area contributed by atoms with E-state index in [0.717, 1.165) is 16.8 Å². The van der Waals surface area contributed by atoms with Crippen molar-refractivity contribution in [2.24, 2.45) is 0 Å². The molecule has 0 saturated carbocycles. The van der Waals surface area contributed by atoms with Crippen molar-refractivity contribution in [1.82, 2.24) is 5.32 Å². The number of benzene rings is 2. The molecule has 3 nitrogen and oxygen atoms in total. The number of halogens is 2. The predicted octanol–water partition coefficient (Wildman–Crippen LogP) is 4.59. The van der Waals surface area contributed by atoms with Crippen LogP contribution in [0.25, 0.3) is 0 Å². The summed E-state index contributed by atoms with van der Waals surface area (Å²) in [6.07, 6.45) is 0. The first-order chi connectivity index (χ1) is 10.5. The molecule has 0 heterocycles. The van der Waals surface area contributed by atoms with Crippen molar-refractivity contribution >= 4 is 34.8 Å². The van der Waals surface area contributed by atoms with Gasteiger partial charge in [0.15, 0.2) is 0 Å². The van der Waals surface area contributed by atoms with E-state index in [0.29, 0.717) is 10.0 Å². The first-order valence-corrected chi connectivity index (χ1v) is 7.77. The largest absolute Gasteiger partial charge is 0.325 e. The third-order valence-corrected chi connectivity index (χ3v) is 4.10. The summed E-state index contributed by atoms with van der Waals surface area (Å²) in [7, 11) is 0. The summed E-state index contributed by atoms with van der Waals surface area (Å²) in [6.45, 7) is 4.07. The monoisotopic (exact) mass is 336 g/mol. The number of anilines is 1. The van der Waals surface area contributed by atoms with E-state index in [-0.39, 0.29) is 18.5 Å². The Labute approximate surface area is 140 Å². The van der Waals surface area contributed by atoms with Gasteiger partial charge in [0.2, 0.25) is 5.91 Å². The van der Waals surface area contributed by atoms with Crippen LogP contribution in [0.5, 0.6) is 0 Å². The molecule has 1 atom stereocenters. The second-order valence-electron chi connectivity index (χ2n) is 5.12. The molecule has 0 spiro atoms. The van der Waals surface area contributed by atoms with Gasteiger partial charge in [-0.2, -0.15) is 0 Å². The van der Waals surface area contributed by atoms with Crippen LogP contribution in [-0.2, 0) is 4.79 Å². The Morgan fingerprint density at radius 3 is 2.64 bits per heavy atom. The molecule has 22 heavy (non-hydrogen) atoms. The van der Waals surface area contributed by atoms with Gasteiger partial charge in [-0.15, -0.1) is 0 Å². The SMILES string of the molecule is Cc1c(Cl)cccc1NC(=O)CN[C@@H](C)c1cccc(Cl)c1. The highest BCUT2D eigenvalue weighted by Gasteiger charge is 2.10. The van der Waals surface area contributed by atoms with Crippen molar-refractivity contribution in [3.63, 3.8) is 0 Å². The Morgan fingerprint density at radius 2 is 1.91 bits per heavy atom. The van der Waals surface area contributed by atoms with Gasteiger partial charge in [-0.05, 0) is 49.2 Å². The number of carbonyl (C=O) groups is 1. The lowest BCUT2D eigenvalue weighted by molar-refractivity contribution is -0.115. The van der Waals surface area contributed by atoms with E-state index in [4.69, 9.17) is 23.2 Å².